The summed E-state index contributed by atoms with van der Waals surface area (Å²) in [6.45, 7) is 0. The third-order valence-corrected chi connectivity index (χ3v) is 3.65. The number of nitro groups is 1. The number of hydrogen-bond donors (Lipinski definition) is 2. The van der Waals surface area contributed by atoms with Crippen LogP contribution in [0, 0.1) is 15.9 Å². The zero-order valence-electron chi connectivity index (χ0n) is 10.9. The molecule has 5 nitrogen and oxygen atoms in total. The quantitative estimate of drug-likeness (QED) is 0.650. The Morgan fingerprint density at radius 3 is 2.47 bits per heavy atom. The van der Waals surface area contributed by atoms with Crippen molar-refractivity contribution in [3.05, 3.63) is 34.1 Å². The van der Waals surface area contributed by atoms with Crippen molar-refractivity contribution in [2.24, 2.45) is 0 Å². The van der Waals surface area contributed by atoms with Gasteiger partial charge in [0, 0.05) is 24.2 Å². The number of anilines is 1. The molecule has 1 aromatic carbocycles. The fourth-order valence-electron chi connectivity index (χ4n) is 2.53. The first-order valence-electron chi connectivity index (χ1n) is 6.48. The first-order chi connectivity index (χ1) is 9.10. The Balaban J connectivity index is 2.06. The normalized spacial score (nSPS) is 23.1. The molecule has 6 heteroatoms. The van der Waals surface area contributed by atoms with Gasteiger partial charge >= 0.3 is 0 Å². The third-order valence-electron chi connectivity index (χ3n) is 3.65. The topological polar surface area (TPSA) is 67.2 Å². The van der Waals surface area contributed by atoms with Crippen molar-refractivity contribution in [1.82, 2.24) is 5.32 Å². The summed E-state index contributed by atoms with van der Waals surface area (Å²) in [7, 11) is 1.94. The van der Waals surface area contributed by atoms with Crippen molar-refractivity contribution in [2.75, 3.05) is 12.4 Å². The average molecular weight is 267 g/mol. The minimum Gasteiger partial charge on any atom is -0.377 e. The number of nitro benzene ring substituents is 1. The predicted molar refractivity (Wildman–Crippen MR) is 71.8 cm³/mol. The predicted octanol–water partition coefficient (Wildman–Crippen LogP) is 2.68. The second-order valence-electron chi connectivity index (χ2n) is 4.90. The molecule has 0 saturated heterocycles. The second-order valence-corrected chi connectivity index (χ2v) is 4.90. The number of halogens is 1. The Kier molecular flexibility index (Phi) is 4.31. The van der Waals surface area contributed by atoms with Gasteiger partial charge in [-0.1, -0.05) is 0 Å². The highest BCUT2D eigenvalue weighted by Crippen LogP contribution is 2.29. The van der Waals surface area contributed by atoms with Gasteiger partial charge in [-0.2, -0.15) is 0 Å². The first-order valence-corrected chi connectivity index (χ1v) is 6.48. The van der Waals surface area contributed by atoms with Crippen molar-refractivity contribution in [3.63, 3.8) is 0 Å². The Labute approximate surface area is 111 Å². The molecule has 19 heavy (non-hydrogen) atoms. The van der Waals surface area contributed by atoms with Gasteiger partial charge in [0.05, 0.1) is 4.92 Å². The van der Waals surface area contributed by atoms with E-state index < -0.39 is 10.7 Å². The Morgan fingerprint density at radius 2 is 1.89 bits per heavy atom. The summed E-state index contributed by atoms with van der Waals surface area (Å²) in [5, 5.41) is 17.2. The van der Waals surface area contributed by atoms with Crippen LogP contribution in [0.2, 0.25) is 0 Å². The molecule has 2 rings (SSSR count). The van der Waals surface area contributed by atoms with Crippen LogP contribution < -0.4 is 10.6 Å². The molecule has 0 aliphatic heterocycles. The molecule has 0 atom stereocenters. The van der Waals surface area contributed by atoms with E-state index in [0.717, 1.165) is 31.7 Å². The molecular weight excluding hydrogens is 249 g/mol. The number of nitrogens with zero attached hydrogens (tertiary/aromatic N) is 1. The van der Waals surface area contributed by atoms with Crippen LogP contribution in [0.1, 0.15) is 25.7 Å². The van der Waals surface area contributed by atoms with Crippen molar-refractivity contribution in [3.8, 4) is 0 Å². The van der Waals surface area contributed by atoms with Crippen LogP contribution in [-0.2, 0) is 0 Å². The summed E-state index contributed by atoms with van der Waals surface area (Å²) in [4.78, 5) is 10.4. The van der Waals surface area contributed by atoms with Gasteiger partial charge in [0.2, 0.25) is 0 Å². The van der Waals surface area contributed by atoms with Crippen LogP contribution in [-0.4, -0.2) is 24.1 Å². The summed E-state index contributed by atoms with van der Waals surface area (Å²) < 4.78 is 13.2. The van der Waals surface area contributed by atoms with E-state index in [-0.39, 0.29) is 17.4 Å². The summed E-state index contributed by atoms with van der Waals surface area (Å²) in [6, 6.07) is 4.20. The molecule has 1 aliphatic carbocycles. The van der Waals surface area contributed by atoms with Crippen LogP contribution in [0.5, 0.6) is 0 Å². The maximum atomic E-state index is 13.2. The Bertz CT molecular complexity index is 459. The van der Waals surface area contributed by atoms with E-state index in [9.17, 15) is 14.5 Å². The van der Waals surface area contributed by atoms with Crippen LogP contribution in [0.4, 0.5) is 15.8 Å². The first kappa shape index (κ1) is 13.7. The van der Waals surface area contributed by atoms with Gasteiger partial charge in [-0.25, -0.2) is 4.39 Å². The van der Waals surface area contributed by atoms with Crippen LogP contribution >= 0.6 is 0 Å². The molecule has 2 N–H and O–H groups in total. The van der Waals surface area contributed by atoms with Crippen molar-refractivity contribution < 1.29 is 9.31 Å². The highest BCUT2D eigenvalue weighted by Gasteiger charge is 2.22. The molecule has 0 bridgehead atoms. The summed E-state index contributed by atoms with van der Waals surface area (Å²) in [5.74, 6) is -0.461. The monoisotopic (exact) mass is 267 g/mol. The van der Waals surface area contributed by atoms with E-state index >= 15 is 0 Å². The van der Waals surface area contributed by atoms with E-state index in [0.29, 0.717) is 6.04 Å². The third kappa shape index (κ3) is 3.41. The number of hydrogen-bond acceptors (Lipinski definition) is 4. The fraction of sp³-hybridized carbons (Fsp3) is 0.538. The van der Waals surface area contributed by atoms with Gasteiger partial charge in [0.25, 0.3) is 5.69 Å². The molecule has 1 saturated carbocycles. The van der Waals surface area contributed by atoms with Crippen LogP contribution in [0.25, 0.3) is 0 Å². The lowest BCUT2D eigenvalue weighted by molar-refractivity contribution is -0.384. The number of nitrogens with one attached hydrogen (secondary N) is 2. The van der Waals surface area contributed by atoms with E-state index in [2.05, 4.69) is 10.6 Å². The standard InChI is InChI=1S/C13H18FN3O2/c1-15-10-3-5-11(6-4-10)16-12-8-9(14)2-7-13(12)17(18)19/h2,7-8,10-11,15-16H,3-6H2,1H3. The molecule has 0 radical (unpaired) electrons. The van der Waals surface area contributed by atoms with Gasteiger partial charge in [0.1, 0.15) is 11.5 Å². The fourth-order valence-corrected chi connectivity index (χ4v) is 2.53. The zero-order chi connectivity index (χ0) is 13.8. The van der Waals surface area contributed by atoms with E-state index in [1.165, 1.54) is 12.1 Å². The number of rotatable bonds is 4. The average Bonchev–Trinajstić information content (AvgIpc) is 2.39. The maximum absolute atomic E-state index is 13.2. The van der Waals surface area contributed by atoms with Gasteiger partial charge < -0.3 is 10.6 Å². The van der Waals surface area contributed by atoms with Crippen molar-refractivity contribution in [1.29, 1.82) is 0 Å². The lowest BCUT2D eigenvalue weighted by Crippen LogP contribution is -2.35. The smallest absolute Gasteiger partial charge is 0.292 e. The molecule has 0 spiro atoms. The molecule has 104 valence electrons. The molecule has 0 heterocycles. The molecule has 0 unspecified atom stereocenters. The van der Waals surface area contributed by atoms with E-state index in [1.54, 1.807) is 0 Å². The highest BCUT2D eigenvalue weighted by molar-refractivity contribution is 5.61. The SMILES string of the molecule is CNC1CCC(Nc2cc(F)ccc2[N+](=O)[O-])CC1. The van der Waals surface area contributed by atoms with Crippen LogP contribution in [0.3, 0.4) is 0 Å². The molecule has 1 fully saturated rings. The molecule has 1 aliphatic rings. The lowest BCUT2D eigenvalue weighted by atomic mass is 9.91. The molecule has 0 amide bonds. The molecular formula is C13H18FN3O2. The minimum absolute atomic E-state index is 0.0721. The largest absolute Gasteiger partial charge is 0.377 e. The summed E-state index contributed by atoms with van der Waals surface area (Å²) in [6.07, 6.45) is 3.91. The van der Waals surface area contributed by atoms with Gasteiger partial charge in [0.15, 0.2) is 0 Å². The van der Waals surface area contributed by atoms with Crippen LogP contribution in [0.15, 0.2) is 18.2 Å². The minimum atomic E-state index is -0.485. The second kappa shape index (κ2) is 5.97. The van der Waals surface area contributed by atoms with E-state index in [4.69, 9.17) is 0 Å². The molecule has 1 aromatic rings. The van der Waals surface area contributed by atoms with E-state index in [1.807, 2.05) is 7.05 Å². The van der Waals surface area contributed by atoms with Gasteiger partial charge in [-0.05, 0) is 38.8 Å². The zero-order valence-corrected chi connectivity index (χ0v) is 10.9. The summed E-state index contributed by atoms with van der Waals surface area (Å²) >= 11 is 0. The van der Waals surface area contributed by atoms with Gasteiger partial charge in [-0.3, -0.25) is 10.1 Å². The van der Waals surface area contributed by atoms with Crippen molar-refractivity contribution in [2.45, 2.75) is 37.8 Å². The molecule has 0 aromatic heterocycles. The lowest BCUT2D eigenvalue weighted by Gasteiger charge is -2.29. The van der Waals surface area contributed by atoms with Crippen molar-refractivity contribution >= 4 is 11.4 Å². The summed E-state index contributed by atoms with van der Waals surface area (Å²) in [5.41, 5.74) is 0.204. The Morgan fingerprint density at radius 1 is 1.26 bits per heavy atom. The van der Waals surface area contributed by atoms with Gasteiger partial charge in [-0.15, -0.1) is 0 Å². The highest BCUT2D eigenvalue weighted by atomic mass is 19.1. The Hall–Kier alpha value is -1.69. The maximum Gasteiger partial charge on any atom is 0.292 e. The number of benzene rings is 1.